The second-order valence-electron chi connectivity index (χ2n) is 3.86. The molecule has 0 amide bonds. The second-order valence-corrected chi connectivity index (χ2v) is 3.86. The average Bonchev–Trinajstić information content (AvgIpc) is 2.74. The predicted molar refractivity (Wildman–Crippen MR) is 61.9 cm³/mol. The molecule has 3 nitrogen and oxygen atoms in total. The standard InChI is InChI=1S/C11H13F2NO2.ClH/c12-11(13,6-15)10(14)8-1-2-9-7(5-8)3-4-16-9;/h1-2,5,10,15H,3-4,6,14H2;1H/t10-;/m0./s1. The number of nitrogens with two attached hydrogens (primary N) is 1. The Balaban J connectivity index is 0.00000144. The van der Waals surface area contributed by atoms with Crippen LogP contribution in [0.3, 0.4) is 0 Å². The van der Waals surface area contributed by atoms with Crippen molar-refractivity contribution < 1.29 is 18.6 Å². The number of halogens is 3. The first-order valence-electron chi connectivity index (χ1n) is 5.04. The minimum absolute atomic E-state index is 0. The Morgan fingerprint density at radius 1 is 1.47 bits per heavy atom. The molecule has 1 aliphatic rings. The topological polar surface area (TPSA) is 55.5 Å². The van der Waals surface area contributed by atoms with E-state index in [-0.39, 0.29) is 12.4 Å². The zero-order valence-corrected chi connectivity index (χ0v) is 9.84. The zero-order valence-electron chi connectivity index (χ0n) is 9.03. The van der Waals surface area contributed by atoms with Crippen molar-refractivity contribution in [1.29, 1.82) is 0 Å². The molecular formula is C11H14ClF2NO2. The molecule has 0 fully saturated rings. The third-order valence-corrected chi connectivity index (χ3v) is 2.74. The first-order chi connectivity index (χ1) is 7.54. The van der Waals surface area contributed by atoms with Crippen molar-refractivity contribution in [3.05, 3.63) is 29.3 Å². The summed E-state index contributed by atoms with van der Waals surface area (Å²) in [5, 5.41) is 8.56. The predicted octanol–water partition coefficient (Wildman–Crippen LogP) is 1.67. The lowest BCUT2D eigenvalue weighted by Crippen LogP contribution is -2.36. The van der Waals surface area contributed by atoms with Crippen molar-refractivity contribution >= 4 is 12.4 Å². The number of fused-ring (bicyclic) bond motifs is 1. The fourth-order valence-corrected chi connectivity index (χ4v) is 1.74. The molecule has 0 radical (unpaired) electrons. The van der Waals surface area contributed by atoms with Gasteiger partial charge in [-0.3, -0.25) is 0 Å². The molecule has 1 aromatic carbocycles. The number of ether oxygens (including phenoxy) is 1. The van der Waals surface area contributed by atoms with Gasteiger partial charge in [0.1, 0.15) is 12.4 Å². The smallest absolute Gasteiger partial charge is 0.289 e. The van der Waals surface area contributed by atoms with E-state index in [1.807, 2.05) is 0 Å². The van der Waals surface area contributed by atoms with E-state index in [4.69, 9.17) is 15.6 Å². The maximum Gasteiger partial charge on any atom is 0.289 e. The minimum Gasteiger partial charge on any atom is -0.493 e. The summed E-state index contributed by atoms with van der Waals surface area (Å²) < 4.78 is 31.6. The molecule has 1 heterocycles. The third-order valence-electron chi connectivity index (χ3n) is 2.74. The maximum absolute atomic E-state index is 13.2. The highest BCUT2D eigenvalue weighted by Gasteiger charge is 2.37. The molecule has 96 valence electrons. The summed E-state index contributed by atoms with van der Waals surface area (Å²) in [6, 6.07) is 3.29. The molecule has 0 unspecified atom stereocenters. The van der Waals surface area contributed by atoms with E-state index in [9.17, 15) is 8.78 Å². The summed E-state index contributed by atoms with van der Waals surface area (Å²) in [7, 11) is 0. The van der Waals surface area contributed by atoms with E-state index in [1.165, 1.54) is 6.07 Å². The first-order valence-corrected chi connectivity index (χ1v) is 5.04. The van der Waals surface area contributed by atoms with Crippen molar-refractivity contribution in [1.82, 2.24) is 0 Å². The largest absolute Gasteiger partial charge is 0.493 e. The van der Waals surface area contributed by atoms with Crippen LogP contribution < -0.4 is 10.5 Å². The van der Waals surface area contributed by atoms with Crippen LogP contribution in [0.25, 0.3) is 0 Å². The van der Waals surface area contributed by atoms with Gasteiger partial charge in [-0.1, -0.05) is 12.1 Å². The zero-order chi connectivity index (χ0) is 11.8. The van der Waals surface area contributed by atoms with Crippen molar-refractivity contribution in [2.75, 3.05) is 13.2 Å². The van der Waals surface area contributed by atoms with Crippen LogP contribution in [-0.2, 0) is 6.42 Å². The molecule has 3 N–H and O–H groups in total. The lowest BCUT2D eigenvalue weighted by Gasteiger charge is -2.22. The Labute approximate surface area is 104 Å². The monoisotopic (exact) mass is 265 g/mol. The minimum atomic E-state index is -3.30. The Morgan fingerprint density at radius 3 is 2.82 bits per heavy atom. The van der Waals surface area contributed by atoms with Crippen molar-refractivity contribution in [2.24, 2.45) is 5.73 Å². The molecule has 6 heteroatoms. The fraction of sp³-hybridized carbons (Fsp3) is 0.455. The van der Waals surface area contributed by atoms with Gasteiger partial charge in [0, 0.05) is 6.42 Å². The molecule has 2 rings (SSSR count). The van der Waals surface area contributed by atoms with Gasteiger partial charge >= 0.3 is 0 Å². The van der Waals surface area contributed by atoms with Gasteiger partial charge in [-0.15, -0.1) is 12.4 Å². The van der Waals surface area contributed by atoms with E-state index in [1.54, 1.807) is 12.1 Å². The summed E-state index contributed by atoms with van der Waals surface area (Å²) in [6.45, 7) is -0.674. The number of hydrogen-bond acceptors (Lipinski definition) is 3. The van der Waals surface area contributed by atoms with E-state index < -0.39 is 18.6 Å². The lowest BCUT2D eigenvalue weighted by atomic mass is 9.99. The summed E-state index contributed by atoms with van der Waals surface area (Å²) in [4.78, 5) is 0. The van der Waals surface area contributed by atoms with Gasteiger partial charge in [-0.25, -0.2) is 8.78 Å². The Morgan fingerprint density at radius 2 is 2.18 bits per heavy atom. The number of hydrogen-bond donors (Lipinski definition) is 2. The normalized spacial score (nSPS) is 15.8. The van der Waals surface area contributed by atoms with Crippen LogP contribution in [0.5, 0.6) is 5.75 Å². The first kappa shape index (κ1) is 14.2. The van der Waals surface area contributed by atoms with Crippen molar-refractivity contribution in [3.63, 3.8) is 0 Å². The number of aliphatic hydroxyl groups excluding tert-OH is 1. The molecule has 0 aliphatic carbocycles. The molecule has 0 aromatic heterocycles. The van der Waals surface area contributed by atoms with E-state index >= 15 is 0 Å². The third kappa shape index (κ3) is 2.68. The van der Waals surface area contributed by atoms with Crippen LogP contribution >= 0.6 is 12.4 Å². The lowest BCUT2D eigenvalue weighted by molar-refractivity contribution is -0.0711. The van der Waals surface area contributed by atoms with Crippen molar-refractivity contribution in [2.45, 2.75) is 18.4 Å². The van der Waals surface area contributed by atoms with Gasteiger partial charge in [-0.2, -0.15) is 0 Å². The van der Waals surface area contributed by atoms with Gasteiger partial charge in [0.15, 0.2) is 0 Å². The van der Waals surface area contributed by atoms with Crippen LogP contribution in [0.15, 0.2) is 18.2 Å². The SMILES string of the molecule is Cl.N[C@@H](c1ccc2c(c1)CCO2)C(F)(F)CO. The van der Waals surface area contributed by atoms with Gasteiger partial charge in [0.25, 0.3) is 5.92 Å². The summed E-state index contributed by atoms with van der Waals surface area (Å²) in [5.74, 6) is -2.57. The number of alkyl halides is 2. The molecule has 0 spiro atoms. The van der Waals surface area contributed by atoms with E-state index in [0.717, 1.165) is 11.3 Å². The summed E-state index contributed by atoms with van der Waals surface area (Å²) >= 11 is 0. The molecule has 0 saturated carbocycles. The van der Waals surface area contributed by atoms with Crippen LogP contribution in [0.1, 0.15) is 17.2 Å². The van der Waals surface area contributed by atoms with E-state index in [2.05, 4.69) is 0 Å². The van der Waals surface area contributed by atoms with Gasteiger partial charge < -0.3 is 15.6 Å². The van der Waals surface area contributed by atoms with Crippen LogP contribution in [0.4, 0.5) is 8.78 Å². The highest BCUT2D eigenvalue weighted by Crippen LogP contribution is 2.33. The molecule has 0 bridgehead atoms. The maximum atomic E-state index is 13.2. The van der Waals surface area contributed by atoms with E-state index in [0.29, 0.717) is 18.6 Å². The second kappa shape index (κ2) is 5.16. The van der Waals surface area contributed by atoms with Crippen LogP contribution in [0.2, 0.25) is 0 Å². The number of aliphatic hydroxyl groups is 1. The summed E-state index contributed by atoms with van der Waals surface area (Å²) in [5.41, 5.74) is 6.64. The molecule has 0 saturated heterocycles. The Hall–Kier alpha value is -0.910. The molecule has 1 atom stereocenters. The molecule has 1 aliphatic heterocycles. The fourth-order valence-electron chi connectivity index (χ4n) is 1.74. The summed E-state index contributed by atoms with van der Waals surface area (Å²) in [6.07, 6.45) is 0.709. The van der Waals surface area contributed by atoms with Gasteiger partial charge in [0.2, 0.25) is 0 Å². The van der Waals surface area contributed by atoms with Gasteiger partial charge in [0.05, 0.1) is 12.6 Å². The van der Waals surface area contributed by atoms with Gasteiger partial charge in [-0.05, 0) is 17.2 Å². The molecule has 17 heavy (non-hydrogen) atoms. The Bertz CT molecular complexity index is 401. The highest BCUT2D eigenvalue weighted by atomic mass is 35.5. The number of rotatable bonds is 3. The number of benzene rings is 1. The van der Waals surface area contributed by atoms with Crippen LogP contribution in [-0.4, -0.2) is 24.2 Å². The van der Waals surface area contributed by atoms with Crippen molar-refractivity contribution in [3.8, 4) is 5.75 Å². The highest BCUT2D eigenvalue weighted by molar-refractivity contribution is 5.85. The van der Waals surface area contributed by atoms with Crippen LogP contribution in [0, 0.1) is 0 Å². The average molecular weight is 266 g/mol. The molecule has 1 aromatic rings. The quantitative estimate of drug-likeness (QED) is 0.874. The molecular weight excluding hydrogens is 252 g/mol. The Kier molecular flexibility index (Phi) is 4.30.